The molecule has 0 amide bonds. The largest absolute Gasteiger partial charge is 0.396 e. The van der Waals surface area contributed by atoms with Crippen LogP contribution < -0.4 is 0 Å². The Morgan fingerprint density at radius 3 is 2.76 bits per heavy atom. The van der Waals surface area contributed by atoms with E-state index in [2.05, 4.69) is 22.3 Å². The van der Waals surface area contributed by atoms with Crippen LogP contribution in [0.5, 0.6) is 0 Å². The first-order valence-electron chi connectivity index (χ1n) is 7.15. The predicted octanol–water partition coefficient (Wildman–Crippen LogP) is 2.77. The van der Waals surface area contributed by atoms with Gasteiger partial charge in [0, 0.05) is 50.1 Å². The van der Waals surface area contributed by atoms with Gasteiger partial charge in [-0.05, 0) is 31.0 Å². The van der Waals surface area contributed by atoms with Gasteiger partial charge in [-0.3, -0.25) is 9.58 Å². The van der Waals surface area contributed by atoms with Gasteiger partial charge in [0.1, 0.15) is 0 Å². The summed E-state index contributed by atoms with van der Waals surface area (Å²) in [5.74, 6) is 0. The van der Waals surface area contributed by atoms with E-state index in [4.69, 9.17) is 16.7 Å². The number of rotatable bonds is 7. The molecule has 1 aromatic heterocycles. The third kappa shape index (κ3) is 4.84. The molecule has 5 heteroatoms. The average molecular weight is 308 g/mol. The Morgan fingerprint density at radius 2 is 2.14 bits per heavy atom. The van der Waals surface area contributed by atoms with E-state index in [0.717, 1.165) is 36.8 Å². The molecule has 0 fully saturated rings. The zero-order valence-corrected chi connectivity index (χ0v) is 13.3. The number of aryl methyl sites for hydroxylation is 2. The van der Waals surface area contributed by atoms with E-state index in [9.17, 15) is 0 Å². The summed E-state index contributed by atoms with van der Waals surface area (Å²) in [6, 6.07) is 7.92. The fraction of sp³-hybridized carbons (Fsp3) is 0.438. The number of hydrogen-bond acceptors (Lipinski definition) is 3. The molecule has 0 radical (unpaired) electrons. The van der Waals surface area contributed by atoms with Crippen molar-refractivity contribution in [1.29, 1.82) is 0 Å². The second-order valence-electron chi connectivity index (χ2n) is 5.33. The summed E-state index contributed by atoms with van der Waals surface area (Å²) in [6.45, 7) is 4.72. The lowest BCUT2D eigenvalue weighted by Gasteiger charge is -2.22. The smallest absolute Gasteiger partial charge is 0.0638 e. The molecule has 1 N–H and O–H groups in total. The van der Waals surface area contributed by atoms with E-state index in [1.165, 1.54) is 11.1 Å². The molecule has 4 nitrogen and oxygen atoms in total. The Hall–Kier alpha value is -1.36. The number of aliphatic hydroxyl groups excluding tert-OH is 1. The number of halogens is 1. The molecule has 0 atom stereocenters. The van der Waals surface area contributed by atoms with Gasteiger partial charge in [0.15, 0.2) is 0 Å². The maximum atomic E-state index is 9.09. The van der Waals surface area contributed by atoms with Crippen LogP contribution in [0.2, 0.25) is 5.02 Å². The molecule has 0 unspecified atom stereocenters. The van der Waals surface area contributed by atoms with E-state index in [-0.39, 0.29) is 6.61 Å². The molecule has 1 heterocycles. The van der Waals surface area contributed by atoms with E-state index < -0.39 is 0 Å². The Bertz CT molecular complexity index is 583. The number of aliphatic hydroxyl groups is 1. The van der Waals surface area contributed by atoms with Crippen LogP contribution in [-0.4, -0.2) is 32.9 Å². The molecule has 0 saturated heterocycles. The van der Waals surface area contributed by atoms with E-state index in [1.54, 1.807) is 0 Å². The van der Waals surface area contributed by atoms with Crippen molar-refractivity contribution in [3.63, 3.8) is 0 Å². The van der Waals surface area contributed by atoms with Crippen LogP contribution in [0.4, 0.5) is 0 Å². The molecule has 1 aromatic carbocycles. The molecular weight excluding hydrogens is 286 g/mol. The van der Waals surface area contributed by atoms with Crippen LogP contribution in [0, 0.1) is 6.92 Å². The lowest BCUT2D eigenvalue weighted by Crippen LogP contribution is -2.24. The monoisotopic (exact) mass is 307 g/mol. The topological polar surface area (TPSA) is 41.3 Å². The third-order valence-electron chi connectivity index (χ3n) is 3.44. The summed E-state index contributed by atoms with van der Waals surface area (Å²) in [6.07, 6.45) is 2.82. The summed E-state index contributed by atoms with van der Waals surface area (Å²) < 4.78 is 1.84. The van der Waals surface area contributed by atoms with Gasteiger partial charge in [-0.25, -0.2) is 0 Å². The zero-order chi connectivity index (χ0) is 15.2. The summed E-state index contributed by atoms with van der Waals surface area (Å²) in [5.41, 5.74) is 3.46. The van der Waals surface area contributed by atoms with Gasteiger partial charge in [0.2, 0.25) is 0 Å². The Kier molecular flexibility index (Phi) is 5.79. The molecule has 0 bridgehead atoms. The molecule has 0 aliphatic rings. The van der Waals surface area contributed by atoms with Gasteiger partial charge in [-0.15, -0.1) is 0 Å². The molecule has 0 saturated carbocycles. The number of benzene rings is 1. The summed E-state index contributed by atoms with van der Waals surface area (Å²) in [5, 5.41) is 14.2. The first-order chi connectivity index (χ1) is 10.1. The van der Waals surface area contributed by atoms with Crippen LogP contribution in [-0.2, 0) is 20.1 Å². The highest BCUT2D eigenvalue weighted by atomic mass is 35.5. The minimum Gasteiger partial charge on any atom is -0.396 e. The second kappa shape index (κ2) is 7.59. The second-order valence-corrected chi connectivity index (χ2v) is 5.77. The normalized spacial score (nSPS) is 11.3. The quantitative estimate of drug-likeness (QED) is 0.855. The lowest BCUT2D eigenvalue weighted by molar-refractivity contribution is 0.212. The minimum absolute atomic E-state index is 0.206. The maximum Gasteiger partial charge on any atom is 0.0638 e. The fourth-order valence-corrected chi connectivity index (χ4v) is 2.66. The van der Waals surface area contributed by atoms with Gasteiger partial charge in [0.05, 0.1) is 5.69 Å². The third-order valence-corrected chi connectivity index (χ3v) is 3.67. The highest BCUT2D eigenvalue weighted by molar-refractivity contribution is 6.30. The molecule has 0 spiro atoms. The van der Waals surface area contributed by atoms with Crippen molar-refractivity contribution in [1.82, 2.24) is 14.7 Å². The lowest BCUT2D eigenvalue weighted by atomic mass is 10.2. The van der Waals surface area contributed by atoms with E-state index >= 15 is 0 Å². The van der Waals surface area contributed by atoms with Gasteiger partial charge in [0.25, 0.3) is 0 Å². The molecule has 0 aliphatic heterocycles. The molecular formula is C16H22ClN3O. The first-order valence-corrected chi connectivity index (χ1v) is 7.53. The standard InChI is InChI=1S/C16H22ClN3O/c1-13-15(11-19(2)18-13)12-20(7-4-8-21)10-14-5-3-6-16(17)9-14/h3,5-6,9,11,21H,4,7-8,10,12H2,1-2H3. The first kappa shape index (κ1) is 16.0. The summed E-state index contributed by atoms with van der Waals surface area (Å²) in [4.78, 5) is 2.31. The summed E-state index contributed by atoms with van der Waals surface area (Å²) in [7, 11) is 1.94. The average Bonchev–Trinajstić information content (AvgIpc) is 2.74. The minimum atomic E-state index is 0.206. The van der Waals surface area contributed by atoms with Crippen molar-refractivity contribution in [2.24, 2.45) is 7.05 Å². The SMILES string of the molecule is Cc1nn(C)cc1CN(CCCO)Cc1cccc(Cl)c1. The van der Waals surface area contributed by atoms with Crippen LogP contribution in [0.3, 0.4) is 0 Å². The van der Waals surface area contributed by atoms with Crippen molar-refractivity contribution >= 4 is 11.6 Å². The van der Waals surface area contributed by atoms with E-state index in [1.807, 2.05) is 36.9 Å². The van der Waals surface area contributed by atoms with Gasteiger partial charge in [-0.1, -0.05) is 23.7 Å². The Labute approximate surface area is 131 Å². The maximum absolute atomic E-state index is 9.09. The summed E-state index contributed by atoms with van der Waals surface area (Å²) >= 11 is 6.05. The van der Waals surface area contributed by atoms with Gasteiger partial charge in [-0.2, -0.15) is 5.10 Å². The van der Waals surface area contributed by atoms with Crippen LogP contribution in [0.25, 0.3) is 0 Å². The highest BCUT2D eigenvalue weighted by Crippen LogP contribution is 2.16. The number of nitrogens with zero attached hydrogens (tertiary/aromatic N) is 3. The van der Waals surface area contributed by atoms with Crippen LogP contribution in [0.15, 0.2) is 30.5 Å². The molecule has 21 heavy (non-hydrogen) atoms. The van der Waals surface area contributed by atoms with Crippen molar-refractivity contribution in [2.45, 2.75) is 26.4 Å². The van der Waals surface area contributed by atoms with Crippen LogP contribution in [0.1, 0.15) is 23.2 Å². The molecule has 2 aromatic rings. The highest BCUT2D eigenvalue weighted by Gasteiger charge is 2.11. The predicted molar refractivity (Wildman–Crippen MR) is 85.2 cm³/mol. The van der Waals surface area contributed by atoms with Crippen molar-refractivity contribution in [3.8, 4) is 0 Å². The van der Waals surface area contributed by atoms with Crippen molar-refractivity contribution < 1.29 is 5.11 Å². The number of aromatic nitrogens is 2. The molecule has 0 aliphatic carbocycles. The fourth-order valence-electron chi connectivity index (χ4n) is 2.45. The van der Waals surface area contributed by atoms with Gasteiger partial charge < -0.3 is 5.11 Å². The molecule has 2 rings (SSSR count). The van der Waals surface area contributed by atoms with E-state index in [0.29, 0.717) is 0 Å². The number of hydrogen-bond donors (Lipinski definition) is 1. The van der Waals surface area contributed by atoms with Crippen molar-refractivity contribution in [2.75, 3.05) is 13.2 Å². The van der Waals surface area contributed by atoms with Crippen LogP contribution >= 0.6 is 11.6 Å². The Balaban J connectivity index is 2.08. The van der Waals surface area contributed by atoms with Gasteiger partial charge >= 0.3 is 0 Å². The Morgan fingerprint density at radius 1 is 1.33 bits per heavy atom. The van der Waals surface area contributed by atoms with Crippen molar-refractivity contribution in [3.05, 3.63) is 52.3 Å². The molecule has 114 valence electrons. The zero-order valence-electron chi connectivity index (χ0n) is 12.6.